The minimum Gasteiger partial charge on any atom is -0.389 e. The molecule has 0 amide bonds. The van der Waals surface area contributed by atoms with Gasteiger partial charge in [-0.25, -0.2) is 0 Å². The van der Waals surface area contributed by atoms with E-state index in [1.165, 1.54) is 6.42 Å². The van der Waals surface area contributed by atoms with Crippen LogP contribution in [0.2, 0.25) is 0 Å². The molecule has 4 heteroatoms. The molecule has 2 heterocycles. The maximum absolute atomic E-state index is 10.1. The van der Waals surface area contributed by atoms with Crippen LogP contribution in [0.4, 0.5) is 0 Å². The average molecular weight is 256 g/mol. The fourth-order valence-electron chi connectivity index (χ4n) is 3.51. The van der Waals surface area contributed by atoms with E-state index in [2.05, 4.69) is 17.1 Å². The number of likely N-dealkylation sites (tertiary alicyclic amines) is 1. The summed E-state index contributed by atoms with van der Waals surface area (Å²) in [6, 6.07) is 0.638. The standard InChI is InChI=1S/C14H28N2O2/c1-4-14-13-6-15-5-11(13)7-16(14)8-12(17)9-18-10(2)3/h10-15,17H,4-9H2,1-3H3. The molecule has 0 aromatic carbocycles. The molecule has 2 fully saturated rings. The molecule has 4 unspecified atom stereocenters. The van der Waals surface area contributed by atoms with Crippen molar-refractivity contribution in [2.24, 2.45) is 11.8 Å². The number of rotatable bonds is 6. The van der Waals surface area contributed by atoms with Gasteiger partial charge in [-0.1, -0.05) is 6.92 Å². The van der Waals surface area contributed by atoms with Crippen LogP contribution < -0.4 is 5.32 Å². The molecule has 2 aliphatic rings. The molecule has 2 saturated heterocycles. The molecule has 0 radical (unpaired) electrons. The van der Waals surface area contributed by atoms with E-state index < -0.39 is 0 Å². The molecule has 2 rings (SSSR count). The van der Waals surface area contributed by atoms with E-state index in [4.69, 9.17) is 4.74 Å². The van der Waals surface area contributed by atoms with Gasteiger partial charge in [0, 0.05) is 19.1 Å². The summed E-state index contributed by atoms with van der Waals surface area (Å²) in [4.78, 5) is 2.48. The molecule has 0 aromatic heterocycles. The zero-order chi connectivity index (χ0) is 13.1. The Morgan fingerprint density at radius 2 is 2.17 bits per heavy atom. The maximum atomic E-state index is 10.1. The van der Waals surface area contributed by atoms with Crippen molar-refractivity contribution in [2.75, 3.05) is 32.8 Å². The lowest BCUT2D eigenvalue weighted by Crippen LogP contribution is -2.41. The van der Waals surface area contributed by atoms with Gasteiger partial charge in [0.1, 0.15) is 0 Å². The van der Waals surface area contributed by atoms with Crippen molar-refractivity contribution in [3.8, 4) is 0 Å². The number of β-amino-alcohol motifs (C(OH)–C–C–N with tert-alkyl or cyclic N) is 1. The molecule has 0 saturated carbocycles. The Hall–Kier alpha value is -0.160. The van der Waals surface area contributed by atoms with Crippen molar-refractivity contribution < 1.29 is 9.84 Å². The molecule has 106 valence electrons. The van der Waals surface area contributed by atoms with Crippen molar-refractivity contribution >= 4 is 0 Å². The van der Waals surface area contributed by atoms with Crippen LogP contribution in [0.5, 0.6) is 0 Å². The van der Waals surface area contributed by atoms with Crippen LogP contribution >= 0.6 is 0 Å². The van der Waals surface area contributed by atoms with Gasteiger partial charge in [0.2, 0.25) is 0 Å². The minimum absolute atomic E-state index is 0.198. The Morgan fingerprint density at radius 1 is 1.39 bits per heavy atom. The van der Waals surface area contributed by atoms with Gasteiger partial charge < -0.3 is 15.2 Å². The van der Waals surface area contributed by atoms with E-state index in [1.54, 1.807) is 0 Å². The quantitative estimate of drug-likeness (QED) is 0.734. The first-order valence-corrected chi connectivity index (χ1v) is 7.36. The second-order valence-corrected chi connectivity index (χ2v) is 6.05. The van der Waals surface area contributed by atoms with E-state index in [1.807, 2.05) is 13.8 Å². The minimum atomic E-state index is -0.353. The number of ether oxygens (including phenoxy) is 1. The SMILES string of the molecule is CCC1C2CNCC2CN1CC(O)COC(C)C. The third kappa shape index (κ3) is 3.23. The molecule has 18 heavy (non-hydrogen) atoms. The summed E-state index contributed by atoms with van der Waals surface area (Å²) in [6.45, 7) is 10.9. The molecule has 4 nitrogen and oxygen atoms in total. The summed E-state index contributed by atoms with van der Waals surface area (Å²) in [5.74, 6) is 1.57. The van der Waals surface area contributed by atoms with Crippen LogP contribution in [0.1, 0.15) is 27.2 Å². The lowest BCUT2D eigenvalue weighted by atomic mass is 9.93. The zero-order valence-corrected chi connectivity index (χ0v) is 11.9. The molecular formula is C14H28N2O2. The van der Waals surface area contributed by atoms with Gasteiger partial charge in [-0.2, -0.15) is 0 Å². The molecule has 2 N–H and O–H groups in total. The van der Waals surface area contributed by atoms with Crippen molar-refractivity contribution in [3.63, 3.8) is 0 Å². The summed E-state index contributed by atoms with van der Waals surface area (Å²) in [6.07, 6.45) is 1.03. The Morgan fingerprint density at radius 3 is 2.83 bits per heavy atom. The van der Waals surface area contributed by atoms with Gasteiger partial charge in [-0.3, -0.25) is 4.90 Å². The van der Waals surface area contributed by atoms with Gasteiger partial charge in [0.15, 0.2) is 0 Å². The van der Waals surface area contributed by atoms with E-state index in [0.29, 0.717) is 12.6 Å². The smallest absolute Gasteiger partial charge is 0.0900 e. The van der Waals surface area contributed by atoms with E-state index in [-0.39, 0.29) is 12.2 Å². The molecule has 0 bridgehead atoms. The Balaban J connectivity index is 1.81. The van der Waals surface area contributed by atoms with Crippen LogP contribution in [0.3, 0.4) is 0 Å². The summed E-state index contributed by atoms with van der Waals surface area (Å²) >= 11 is 0. The third-order valence-corrected chi connectivity index (χ3v) is 4.31. The van der Waals surface area contributed by atoms with Crippen LogP contribution in [-0.2, 0) is 4.74 Å². The van der Waals surface area contributed by atoms with Crippen LogP contribution in [0, 0.1) is 11.8 Å². The molecule has 2 aliphatic heterocycles. The number of nitrogens with one attached hydrogen (secondary N) is 1. The normalized spacial score (nSPS) is 34.2. The van der Waals surface area contributed by atoms with Gasteiger partial charge in [0.05, 0.1) is 18.8 Å². The first-order chi connectivity index (χ1) is 8.61. The summed E-state index contributed by atoms with van der Waals surface area (Å²) in [5, 5.41) is 13.5. The fraction of sp³-hybridized carbons (Fsp3) is 1.00. The fourth-order valence-corrected chi connectivity index (χ4v) is 3.51. The third-order valence-electron chi connectivity index (χ3n) is 4.31. The maximum Gasteiger partial charge on any atom is 0.0900 e. The van der Waals surface area contributed by atoms with Gasteiger partial charge in [0.25, 0.3) is 0 Å². The largest absolute Gasteiger partial charge is 0.389 e. The second-order valence-electron chi connectivity index (χ2n) is 6.05. The molecule has 0 aromatic rings. The Kier molecular flexibility index (Phi) is 5.01. The van der Waals surface area contributed by atoms with Crippen molar-refractivity contribution in [2.45, 2.75) is 45.4 Å². The summed E-state index contributed by atoms with van der Waals surface area (Å²) in [5.41, 5.74) is 0. The second kappa shape index (κ2) is 6.33. The number of aliphatic hydroxyl groups is 1. The predicted octanol–water partition coefficient (Wildman–Crippen LogP) is 0.702. The first-order valence-electron chi connectivity index (χ1n) is 7.36. The van der Waals surface area contributed by atoms with Crippen molar-refractivity contribution in [1.82, 2.24) is 10.2 Å². The molecule has 0 aliphatic carbocycles. The number of fused-ring (bicyclic) bond motifs is 1. The lowest BCUT2D eigenvalue weighted by molar-refractivity contribution is -0.0116. The highest BCUT2D eigenvalue weighted by atomic mass is 16.5. The zero-order valence-electron chi connectivity index (χ0n) is 11.9. The Labute approximate surface area is 111 Å². The molecule has 0 spiro atoms. The highest BCUT2D eigenvalue weighted by Gasteiger charge is 2.43. The van der Waals surface area contributed by atoms with Crippen molar-refractivity contribution in [3.05, 3.63) is 0 Å². The number of nitrogens with zero attached hydrogens (tertiary/aromatic N) is 1. The molecular weight excluding hydrogens is 228 g/mol. The van der Waals surface area contributed by atoms with E-state index in [9.17, 15) is 5.11 Å². The summed E-state index contributed by atoms with van der Waals surface area (Å²) < 4.78 is 5.49. The van der Waals surface area contributed by atoms with Gasteiger partial charge in [-0.05, 0) is 45.2 Å². The summed E-state index contributed by atoms with van der Waals surface area (Å²) in [7, 11) is 0. The Bertz CT molecular complexity index is 260. The van der Waals surface area contributed by atoms with Crippen LogP contribution in [0.15, 0.2) is 0 Å². The van der Waals surface area contributed by atoms with Crippen LogP contribution in [0.25, 0.3) is 0 Å². The predicted molar refractivity (Wildman–Crippen MR) is 72.6 cm³/mol. The number of hydrogen-bond donors (Lipinski definition) is 2. The van der Waals surface area contributed by atoms with Gasteiger partial charge >= 0.3 is 0 Å². The molecule has 4 atom stereocenters. The number of hydrogen-bond acceptors (Lipinski definition) is 4. The highest BCUT2D eigenvalue weighted by molar-refractivity contribution is 4.98. The van der Waals surface area contributed by atoms with E-state index in [0.717, 1.165) is 38.0 Å². The monoisotopic (exact) mass is 256 g/mol. The highest BCUT2D eigenvalue weighted by Crippen LogP contribution is 2.34. The topological polar surface area (TPSA) is 44.7 Å². The lowest BCUT2D eigenvalue weighted by Gasteiger charge is -2.28. The first kappa shape index (κ1) is 14.3. The van der Waals surface area contributed by atoms with Crippen LogP contribution in [-0.4, -0.2) is 61.0 Å². The average Bonchev–Trinajstić information content (AvgIpc) is 2.86. The van der Waals surface area contributed by atoms with Crippen molar-refractivity contribution in [1.29, 1.82) is 0 Å². The van der Waals surface area contributed by atoms with Gasteiger partial charge in [-0.15, -0.1) is 0 Å². The number of aliphatic hydroxyl groups excluding tert-OH is 1. The van der Waals surface area contributed by atoms with E-state index >= 15 is 0 Å².